The van der Waals surface area contributed by atoms with Crippen molar-refractivity contribution < 1.29 is 0 Å². The van der Waals surface area contributed by atoms with Gasteiger partial charge in [-0.1, -0.05) is 19.8 Å². The van der Waals surface area contributed by atoms with Gasteiger partial charge in [0.2, 0.25) is 0 Å². The molecule has 1 aliphatic rings. The van der Waals surface area contributed by atoms with Crippen LogP contribution in [0.1, 0.15) is 45.1 Å². The van der Waals surface area contributed by atoms with E-state index in [2.05, 4.69) is 29.1 Å². The fourth-order valence-corrected chi connectivity index (χ4v) is 3.68. The molecule has 94 valence electrons. The zero-order valence-electron chi connectivity index (χ0n) is 10.7. The molecule has 0 aromatic carbocycles. The molecule has 1 aromatic heterocycles. The van der Waals surface area contributed by atoms with Gasteiger partial charge in [-0.15, -0.1) is 11.8 Å². The number of hydrogen-bond donors (Lipinski definition) is 1. The van der Waals surface area contributed by atoms with E-state index < -0.39 is 0 Å². The Morgan fingerprint density at radius 1 is 1.29 bits per heavy atom. The molecular weight excluding hydrogens is 230 g/mol. The van der Waals surface area contributed by atoms with E-state index in [-0.39, 0.29) is 0 Å². The molecule has 0 radical (unpaired) electrons. The summed E-state index contributed by atoms with van der Waals surface area (Å²) in [5.41, 5.74) is 1.28. The normalized spacial score (nSPS) is 16.4. The Hall–Kier alpha value is -0.770. The summed E-state index contributed by atoms with van der Waals surface area (Å²) in [7, 11) is 0. The quantitative estimate of drug-likeness (QED) is 0.813. The van der Waals surface area contributed by atoms with Crippen molar-refractivity contribution in [1.82, 2.24) is 9.97 Å². The van der Waals surface area contributed by atoms with Crippen molar-refractivity contribution in [3.8, 4) is 0 Å². The van der Waals surface area contributed by atoms with Crippen molar-refractivity contribution >= 4 is 17.6 Å². The Labute approximate surface area is 108 Å². The monoisotopic (exact) mass is 251 g/mol. The van der Waals surface area contributed by atoms with Crippen LogP contribution in [-0.2, 0) is 6.42 Å². The third kappa shape index (κ3) is 3.12. The number of hydrogen-bond acceptors (Lipinski definition) is 4. The van der Waals surface area contributed by atoms with Crippen LogP contribution in [0.5, 0.6) is 0 Å². The Kier molecular flexibility index (Phi) is 4.66. The summed E-state index contributed by atoms with van der Waals surface area (Å²) < 4.78 is 0. The van der Waals surface area contributed by atoms with Crippen LogP contribution in [0.2, 0.25) is 0 Å². The highest BCUT2D eigenvalue weighted by molar-refractivity contribution is 7.99. The maximum atomic E-state index is 4.47. The summed E-state index contributed by atoms with van der Waals surface area (Å²) in [6.45, 7) is 5.20. The molecule has 0 bridgehead atoms. The van der Waals surface area contributed by atoms with Crippen molar-refractivity contribution in [3.63, 3.8) is 0 Å². The van der Waals surface area contributed by atoms with Gasteiger partial charge in [0, 0.05) is 17.4 Å². The van der Waals surface area contributed by atoms with Gasteiger partial charge in [-0.3, -0.25) is 0 Å². The number of aromatic nitrogens is 2. The standard InChI is InChI=1S/C13H21N3S/c1-3-11-12(14-4-2)15-9-16-13(11)17-10-7-5-6-8-10/h9-10H,3-8H2,1-2H3,(H,14,15,16). The van der Waals surface area contributed by atoms with E-state index in [1.54, 1.807) is 6.33 Å². The lowest BCUT2D eigenvalue weighted by molar-refractivity contribution is 0.886. The Balaban J connectivity index is 2.16. The third-order valence-corrected chi connectivity index (χ3v) is 4.56. The van der Waals surface area contributed by atoms with Gasteiger partial charge < -0.3 is 5.32 Å². The van der Waals surface area contributed by atoms with E-state index in [1.165, 1.54) is 36.3 Å². The topological polar surface area (TPSA) is 37.8 Å². The predicted molar refractivity (Wildman–Crippen MR) is 73.7 cm³/mol. The van der Waals surface area contributed by atoms with Crippen LogP contribution in [0.15, 0.2) is 11.4 Å². The van der Waals surface area contributed by atoms with E-state index in [0.29, 0.717) is 0 Å². The molecule has 1 aromatic rings. The van der Waals surface area contributed by atoms with Crippen LogP contribution in [0.3, 0.4) is 0 Å². The van der Waals surface area contributed by atoms with Gasteiger partial charge >= 0.3 is 0 Å². The minimum Gasteiger partial charge on any atom is -0.370 e. The first-order valence-electron chi connectivity index (χ1n) is 6.59. The smallest absolute Gasteiger partial charge is 0.133 e. The molecule has 1 N–H and O–H groups in total. The van der Waals surface area contributed by atoms with E-state index in [1.807, 2.05) is 11.8 Å². The fourth-order valence-electron chi connectivity index (χ4n) is 2.30. The molecule has 0 amide bonds. The highest BCUT2D eigenvalue weighted by Gasteiger charge is 2.19. The molecule has 2 rings (SSSR count). The van der Waals surface area contributed by atoms with Crippen molar-refractivity contribution in [1.29, 1.82) is 0 Å². The summed E-state index contributed by atoms with van der Waals surface area (Å²) in [4.78, 5) is 8.81. The summed E-state index contributed by atoms with van der Waals surface area (Å²) in [6, 6.07) is 0. The third-order valence-electron chi connectivity index (χ3n) is 3.18. The van der Waals surface area contributed by atoms with Gasteiger partial charge in [0.15, 0.2) is 0 Å². The SMILES string of the molecule is CCNc1ncnc(SC2CCCC2)c1CC. The van der Waals surface area contributed by atoms with Crippen molar-refractivity contribution in [2.24, 2.45) is 0 Å². The van der Waals surface area contributed by atoms with Gasteiger partial charge in [-0.2, -0.15) is 0 Å². The summed E-state index contributed by atoms with van der Waals surface area (Å²) in [5.74, 6) is 1.02. The first-order chi connectivity index (χ1) is 8.35. The number of nitrogens with zero attached hydrogens (tertiary/aromatic N) is 2. The summed E-state index contributed by atoms with van der Waals surface area (Å²) >= 11 is 1.95. The van der Waals surface area contributed by atoms with E-state index in [0.717, 1.165) is 24.0 Å². The Bertz CT molecular complexity index is 362. The first-order valence-corrected chi connectivity index (χ1v) is 7.47. The van der Waals surface area contributed by atoms with Gasteiger partial charge in [0.25, 0.3) is 0 Å². The number of thioether (sulfide) groups is 1. The van der Waals surface area contributed by atoms with E-state index in [9.17, 15) is 0 Å². The lowest BCUT2D eigenvalue weighted by Crippen LogP contribution is -2.06. The van der Waals surface area contributed by atoms with Crippen LogP contribution < -0.4 is 5.32 Å². The molecule has 1 heterocycles. The predicted octanol–water partition coefficient (Wildman–Crippen LogP) is 3.51. The molecule has 0 atom stereocenters. The molecule has 1 aliphatic carbocycles. The van der Waals surface area contributed by atoms with Crippen LogP contribution in [0.4, 0.5) is 5.82 Å². The molecular formula is C13H21N3S. The fraction of sp³-hybridized carbons (Fsp3) is 0.692. The van der Waals surface area contributed by atoms with Gasteiger partial charge in [0.1, 0.15) is 17.2 Å². The van der Waals surface area contributed by atoms with Crippen molar-refractivity contribution in [2.75, 3.05) is 11.9 Å². The highest BCUT2D eigenvalue weighted by atomic mass is 32.2. The van der Waals surface area contributed by atoms with Gasteiger partial charge in [-0.05, 0) is 26.2 Å². The lowest BCUT2D eigenvalue weighted by atomic mass is 10.2. The number of rotatable bonds is 5. The molecule has 4 heteroatoms. The molecule has 0 unspecified atom stereocenters. The van der Waals surface area contributed by atoms with Crippen molar-refractivity contribution in [2.45, 2.75) is 56.2 Å². The van der Waals surface area contributed by atoms with Gasteiger partial charge in [0.05, 0.1) is 0 Å². The first kappa shape index (κ1) is 12.7. The molecule has 17 heavy (non-hydrogen) atoms. The zero-order valence-corrected chi connectivity index (χ0v) is 11.5. The highest BCUT2D eigenvalue weighted by Crippen LogP contribution is 2.36. The van der Waals surface area contributed by atoms with E-state index >= 15 is 0 Å². The molecule has 1 saturated carbocycles. The van der Waals surface area contributed by atoms with Crippen molar-refractivity contribution in [3.05, 3.63) is 11.9 Å². The molecule has 3 nitrogen and oxygen atoms in total. The summed E-state index contributed by atoms with van der Waals surface area (Å²) in [5, 5.41) is 5.28. The average Bonchev–Trinajstić information content (AvgIpc) is 2.83. The van der Waals surface area contributed by atoms with E-state index in [4.69, 9.17) is 0 Å². The lowest BCUT2D eigenvalue weighted by Gasteiger charge is -2.14. The molecule has 1 fully saturated rings. The largest absolute Gasteiger partial charge is 0.370 e. The number of nitrogens with one attached hydrogen (secondary N) is 1. The summed E-state index contributed by atoms with van der Waals surface area (Å²) in [6.07, 6.45) is 8.13. The van der Waals surface area contributed by atoms with Crippen LogP contribution >= 0.6 is 11.8 Å². The second kappa shape index (κ2) is 6.24. The number of anilines is 1. The molecule has 0 spiro atoms. The Morgan fingerprint density at radius 3 is 2.71 bits per heavy atom. The van der Waals surface area contributed by atoms with Gasteiger partial charge in [-0.25, -0.2) is 9.97 Å². The molecule has 0 aliphatic heterocycles. The van der Waals surface area contributed by atoms with Crippen LogP contribution in [-0.4, -0.2) is 21.8 Å². The second-order valence-electron chi connectivity index (χ2n) is 4.41. The average molecular weight is 251 g/mol. The maximum Gasteiger partial charge on any atom is 0.133 e. The second-order valence-corrected chi connectivity index (χ2v) is 5.70. The Morgan fingerprint density at radius 2 is 2.06 bits per heavy atom. The minimum absolute atomic E-state index is 0.768. The zero-order chi connectivity index (χ0) is 12.1. The molecule has 0 saturated heterocycles. The van der Waals surface area contributed by atoms with Crippen LogP contribution in [0, 0.1) is 0 Å². The minimum atomic E-state index is 0.768. The van der Waals surface area contributed by atoms with Crippen LogP contribution in [0.25, 0.3) is 0 Å². The maximum absolute atomic E-state index is 4.47.